The predicted molar refractivity (Wildman–Crippen MR) is 85.6 cm³/mol. The van der Waals surface area contributed by atoms with Crippen molar-refractivity contribution < 1.29 is 0 Å². The second-order valence-electron chi connectivity index (χ2n) is 4.61. The second kappa shape index (κ2) is 5.64. The molecule has 0 bridgehead atoms. The van der Waals surface area contributed by atoms with Gasteiger partial charge in [0.2, 0.25) is 0 Å². The second-order valence-corrected chi connectivity index (χ2v) is 6.89. The quantitative estimate of drug-likeness (QED) is 0.929. The number of halogens is 2. The normalized spacial score (nSPS) is 18.4. The van der Waals surface area contributed by atoms with E-state index in [0.717, 1.165) is 5.56 Å². The largest absolute Gasteiger partial charge is 0.370 e. The maximum Gasteiger partial charge on any atom is 0.192 e. The lowest BCUT2D eigenvalue weighted by Gasteiger charge is -2.26. The van der Waals surface area contributed by atoms with Crippen LogP contribution in [0.15, 0.2) is 41.4 Å². The Bertz CT molecular complexity index is 639. The highest BCUT2D eigenvalue weighted by atomic mass is 35.5. The summed E-state index contributed by atoms with van der Waals surface area (Å²) in [5.41, 5.74) is 8.21. The van der Waals surface area contributed by atoms with E-state index in [0.29, 0.717) is 27.7 Å². The average molecular weight is 326 g/mol. The van der Waals surface area contributed by atoms with Gasteiger partial charge in [-0.25, -0.2) is 0 Å². The number of aliphatic imine (C=N–C) groups is 1. The first kappa shape index (κ1) is 13.7. The van der Waals surface area contributed by atoms with E-state index in [1.165, 1.54) is 16.9 Å². The molecule has 0 saturated heterocycles. The molecule has 0 fully saturated rings. The topological polar surface area (TPSA) is 41.6 Å². The SMILES string of the molecule is NC1=NCC(c2cc(Cl)sc2Cl)N1Cc1ccccc1. The Morgan fingerprint density at radius 2 is 2.05 bits per heavy atom. The third kappa shape index (κ3) is 2.64. The number of thiophene rings is 1. The van der Waals surface area contributed by atoms with Crippen molar-refractivity contribution in [2.45, 2.75) is 12.6 Å². The summed E-state index contributed by atoms with van der Waals surface area (Å²) in [6, 6.07) is 12.1. The van der Waals surface area contributed by atoms with Crippen molar-refractivity contribution in [2.75, 3.05) is 6.54 Å². The monoisotopic (exact) mass is 325 g/mol. The molecular formula is C14H13Cl2N3S. The van der Waals surface area contributed by atoms with Crippen LogP contribution < -0.4 is 5.73 Å². The maximum atomic E-state index is 6.26. The molecule has 0 radical (unpaired) electrons. The van der Waals surface area contributed by atoms with Gasteiger partial charge in [0.1, 0.15) is 0 Å². The molecule has 1 aromatic heterocycles. The standard InChI is InChI=1S/C14H13Cl2N3S/c15-12-6-10(13(16)20-12)11-7-18-14(17)19(11)8-9-4-2-1-3-5-9/h1-6,11H,7-8H2,(H2,17,18). The summed E-state index contributed by atoms with van der Waals surface area (Å²) in [6.45, 7) is 1.33. The van der Waals surface area contributed by atoms with Gasteiger partial charge < -0.3 is 10.6 Å². The molecule has 0 spiro atoms. The van der Waals surface area contributed by atoms with Crippen LogP contribution >= 0.6 is 34.5 Å². The maximum absolute atomic E-state index is 6.26. The molecule has 6 heteroatoms. The number of nitrogens with zero attached hydrogens (tertiary/aromatic N) is 2. The van der Waals surface area contributed by atoms with E-state index in [1.54, 1.807) is 0 Å². The number of nitrogens with two attached hydrogens (primary N) is 1. The van der Waals surface area contributed by atoms with Crippen LogP contribution in [-0.2, 0) is 6.54 Å². The smallest absolute Gasteiger partial charge is 0.192 e. The summed E-state index contributed by atoms with van der Waals surface area (Å²) in [5, 5.41) is 0. The van der Waals surface area contributed by atoms with Crippen LogP contribution in [0.3, 0.4) is 0 Å². The molecule has 0 aliphatic carbocycles. The molecule has 20 heavy (non-hydrogen) atoms. The molecule has 1 aromatic carbocycles. The van der Waals surface area contributed by atoms with E-state index in [-0.39, 0.29) is 6.04 Å². The van der Waals surface area contributed by atoms with E-state index < -0.39 is 0 Å². The molecule has 0 saturated carbocycles. The fourth-order valence-corrected chi connectivity index (χ4v) is 3.91. The number of hydrogen-bond donors (Lipinski definition) is 1. The van der Waals surface area contributed by atoms with E-state index in [1.807, 2.05) is 24.3 Å². The number of hydrogen-bond acceptors (Lipinski definition) is 4. The number of rotatable bonds is 3. The minimum absolute atomic E-state index is 0.0615. The lowest BCUT2D eigenvalue weighted by molar-refractivity contribution is 0.341. The van der Waals surface area contributed by atoms with Gasteiger partial charge in [0, 0.05) is 12.1 Å². The third-order valence-corrected chi connectivity index (χ3v) is 4.85. The zero-order valence-corrected chi connectivity index (χ0v) is 12.9. The van der Waals surface area contributed by atoms with E-state index >= 15 is 0 Å². The average Bonchev–Trinajstić information content (AvgIpc) is 2.95. The zero-order valence-electron chi connectivity index (χ0n) is 10.6. The number of guanidine groups is 1. The van der Waals surface area contributed by atoms with Crippen molar-refractivity contribution in [3.05, 3.63) is 56.2 Å². The molecule has 1 unspecified atom stereocenters. The van der Waals surface area contributed by atoms with E-state index in [2.05, 4.69) is 22.0 Å². The van der Waals surface area contributed by atoms with Crippen LogP contribution in [0.25, 0.3) is 0 Å². The van der Waals surface area contributed by atoms with Gasteiger partial charge in [0.05, 0.1) is 21.3 Å². The van der Waals surface area contributed by atoms with E-state index in [9.17, 15) is 0 Å². The molecular weight excluding hydrogens is 313 g/mol. The Kier molecular flexibility index (Phi) is 3.87. The zero-order chi connectivity index (χ0) is 14.1. The Morgan fingerprint density at radius 3 is 2.70 bits per heavy atom. The first-order valence-corrected chi connectivity index (χ1v) is 7.77. The molecule has 1 atom stereocenters. The lowest BCUT2D eigenvalue weighted by atomic mass is 10.1. The van der Waals surface area contributed by atoms with Gasteiger partial charge in [-0.05, 0) is 11.6 Å². The van der Waals surface area contributed by atoms with Gasteiger partial charge in [-0.15, -0.1) is 11.3 Å². The van der Waals surface area contributed by atoms with Crippen LogP contribution in [0.2, 0.25) is 8.67 Å². The molecule has 3 nitrogen and oxygen atoms in total. The summed E-state index contributed by atoms with van der Waals surface area (Å²) in [7, 11) is 0. The Hall–Kier alpha value is -1.23. The van der Waals surface area contributed by atoms with Crippen LogP contribution in [0.5, 0.6) is 0 Å². The summed E-state index contributed by atoms with van der Waals surface area (Å²) in [6.07, 6.45) is 0. The van der Waals surface area contributed by atoms with Gasteiger partial charge in [0.25, 0.3) is 0 Å². The van der Waals surface area contributed by atoms with Gasteiger partial charge in [0.15, 0.2) is 5.96 Å². The lowest BCUT2D eigenvalue weighted by Crippen LogP contribution is -2.35. The molecule has 1 aliphatic rings. The van der Waals surface area contributed by atoms with Crippen LogP contribution in [0.1, 0.15) is 17.2 Å². The van der Waals surface area contributed by atoms with Crippen LogP contribution in [0.4, 0.5) is 0 Å². The van der Waals surface area contributed by atoms with Gasteiger partial charge >= 0.3 is 0 Å². The van der Waals surface area contributed by atoms with Crippen molar-refractivity contribution in [1.82, 2.24) is 4.90 Å². The molecule has 2 heterocycles. The summed E-state index contributed by atoms with van der Waals surface area (Å²) in [4.78, 5) is 6.41. The van der Waals surface area contributed by atoms with Gasteiger partial charge in [-0.3, -0.25) is 4.99 Å². The number of benzene rings is 1. The van der Waals surface area contributed by atoms with Crippen molar-refractivity contribution >= 4 is 40.5 Å². The Morgan fingerprint density at radius 1 is 1.30 bits per heavy atom. The molecule has 3 rings (SSSR count). The highest BCUT2D eigenvalue weighted by Gasteiger charge is 2.30. The molecule has 0 amide bonds. The minimum Gasteiger partial charge on any atom is -0.370 e. The molecule has 2 N–H and O–H groups in total. The van der Waals surface area contributed by atoms with Crippen LogP contribution in [-0.4, -0.2) is 17.4 Å². The predicted octanol–water partition coefficient (Wildman–Crippen LogP) is 3.93. The van der Waals surface area contributed by atoms with E-state index in [4.69, 9.17) is 28.9 Å². The fraction of sp³-hybridized carbons (Fsp3) is 0.214. The minimum atomic E-state index is 0.0615. The molecule has 1 aliphatic heterocycles. The highest BCUT2D eigenvalue weighted by Crippen LogP contribution is 2.39. The molecule has 104 valence electrons. The first-order chi connectivity index (χ1) is 9.65. The fourth-order valence-electron chi connectivity index (χ4n) is 2.35. The Balaban J connectivity index is 1.87. The van der Waals surface area contributed by atoms with Crippen molar-refractivity contribution in [1.29, 1.82) is 0 Å². The van der Waals surface area contributed by atoms with Gasteiger partial charge in [-0.1, -0.05) is 53.5 Å². The van der Waals surface area contributed by atoms with Gasteiger partial charge in [-0.2, -0.15) is 0 Å². The van der Waals surface area contributed by atoms with Crippen molar-refractivity contribution in [3.63, 3.8) is 0 Å². The van der Waals surface area contributed by atoms with Crippen LogP contribution in [0, 0.1) is 0 Å². The summed E-state index contributed by atoms with van der Waals surface area (Å²) >= 11 is 13.7. The Labute approximate surface area is 131 Å². The molecule has 2 aromatic rings. The summed E-state index contributed by atoms with van der Waals surface area (Å²) in [5.74, 6) is 0.553. The van der Waals surface area contributed by atoms with Crippen molar-refractivity contribution in [3.8, 4) is 0 Å². The first-order valence-electron chi connectivity index (χ1n) is 6.20. The summed E-state index contributed by atoms with van der Waals surface area (Å²) < 4.78 is 1.40. The highest BCUT2D eigenvalue weighted by molar-refractivity contribution is 7.20. The third-order valence-electron chi connectivity index (χ3n) is 3.33. The van der Waals surface area contributed by atoms with Crippen molar-refractivity contribution in [2.24, 2.45) is 10.7 Å².